The average Bonchev–Trinajstić information content (AvgIpc) is 3.34. The Kier molecular flexibility index (Phi) is 18.2. The molecule has 5 aliphatic rings. The number of aromatic nitrogens is 8. The van der Waals surface area contributed by atoms with Gasteiger partial charge in [-0.25, -0.2) is 19.6 Å². The van der Waals surface area contributed by atoms with Gasteiger partial charge in [-0.15, -0.1) is 0 Å². The van der Waals surface area contributed by atoms with Gasteiger partial charge in [-0.05, 0) is 62.8 Å². The van der Waals surface area contributed by atoms with Crippen molar-refractivity contribution in [1.29, 1.82) is 0 Å². The molecule has 16 heteroatoms. The van der Waals surface area contributed by atoms with Gasteiger partial charge in [0, 0.05) is 52.1 Å². The molecule has 0 spiro atoms. The van der Waals surface area contributed by atoms with Crippen molar-refractivity contribution in [3.63, 3.8) is 0 Å². The third-order valence-electron chi connectivity index (χ3n) is 13.8. The number of carbonyl (C=O) groups is 2. The van der Waals surface area contributed by atoms with Crippen LogP contribution >= 0.6 is 0 Å². The Bertz CT molecular complexity index is 2620. The normalized spacial score (nSPS) is 15.1. The summed E-state index contributed by atoms with van der Waals surface area (Å²) in [6, 6.07) is 15.3. The molecule has 1 aliphatic carbocycles. The van der Waals surface area contributed by atoms with E-state index in [1.807, 2.05) is 57.7 Å². The van der Waals surface area contributed by atoms with E-state index in [2.05, 4.69) is 30.6 Å². The van der Waals surface area contributed by atoms with E-state index in [1.54, 1.807) is 0 Å². The molecule has 2 atom stereocenters. The van der Waals surface area contributed by atoms with Crippen molar-refractivity contribution in [2.75, 3.05) is 0 Å². The minimum absolute atomic E-state index is 0.000736. The molecule has 1 fully saturated rings. The smallest absolute Gasteiger partial charge is 0.351 e. The molecule has 2 aromatic carbocycles. The highest BCUT2D eigenvalue weighted by molar-refractivity contribution is 5.80. The number of rotatable bonds is 26. The molecule has 16 nitrogen and oxygen atoms in total. The Morgan fingerprint density at radius 3 is 1.21 bits per heavy atom. The van der Waals surface area contributed by atoms with Crippen molar-refractivity contribution in [1.82, 2.24) is 48.8 Å². The van der Waals surface area contributed by atoms with E-state index in [1.165, 1.54) is 14.1 Å². The maximum Gasteiger partial charge on any atom is 0.352 e. The summed E-state index contributed by atoms with van der Waals surface area (Å²) < 4.78 is 5.94. The second kappa shape index (κ2) is 24.8. The van der Waals surface area contributed by atoms with Crippen LogP contribution in [0.4, 0.5) is 0 Å². The van der Waals surface area contributed by atoms with Gasteiger partial charge in [-0.3, -0.25) is 28.3 Å². The minimum atomic E-state index is -0.570. The first-order valence-electron chi connectivity index (χ1n) is 25.4. The van der Waals surface area contributed by atoms with Gasteiger partial charge in [0.1, 0.15) is 0 Å². The van der Waals surface area contributed by atoms with E-state index in [4.69, 9.17) is 0 Å². The van der Waals surface area contributed by atoms with E-state index in [0.29, 0.717) is 48.6 Å². The van der Waals surface area contributed by atoms with Gasteiger partial charge < -0.3 is 19.8 Å². The number of amides is 2. The number of hydrogen-bond acceptors (Lipinski definition) is 10. The monoisotopic (exact) mass is 931 g/mol. The number of aryl methyl sites for hydroxylation is 2. The second-order valence-corrected chi connectivity index (χ2v) is 18.9. The first kappa shape index (κ1) is 49.8. The summed E-state index contributed by atoms with van der Waals surface area (Å²) in [5, 5.41) is 6.51. The molecule has 1 saturated carbocycles. The zero-order valence-corrected chi connectivity index (χ0v) is 40.2. The minimum Gasteiger partial charge on any atom is -0.351 e. The van der Waals surface area contributed by atoms with E-state index in [-0.39, 0.29) is 35.3 Å². The highest BCUT2D eigenvalue weighted by Gasteiger charge is 2.28. The predicted molar refractivity (Wildman–Crippen MR) is 266 cm³/mol. The maximum atomic E-state index is 12.9. The lowest BCUT2D eigenvalue weighted by Gasteiger charge is -2.33. The standard InChI is InChI=1S/C52H70N10O6/c1-59-49(65)45-47(57-51(59)67)61(41-31-23-21-29-39(41)55-45)35-25-15-11-7-3-5-9-13-17-33-43(63)53-37-27-19-20-28-38(37)54-44(64)34-18-14-10-6-4-8-12-16-26-36-62-42-32-24-22-30-40(42)56-46-48(62)58-52(68)60(2)50(46)66/h21-24,29-32,37-38H,3-20,25-28,33-36H2,1-2H3,(H,53,63)(H,54,64)/t37-,38-/m0/s1. The number of hydrogen-bond donors (Lipinski definition) is 2. The Labute approximate surface area is 397 Å². The van der Waals surface area contributed by atoms with Crippen LogP contribution < -0.4 is 33.1 Å². The van der Waals surface area contributed by atoms with Crippen molar-refractivity contribution in [3.05, 3.63) is 90.2 Å². The van der Waals surface area contributed by atoms with Crippen LogP contribution in [0, 0.1) is 0 Å². The molecule has 2 N–H and O–H groups in total. The average molecular weight is 931 g/mol. The molecule has 364 valence electrons. The summed E-state index contributed by atoms with van der Waals surface area (Å²) in [4.78, 5) is 93.6. The number of para-hydroxylation sites is 4. The molecule has 4 heterocycles. The van der Waals surface area contributed by atoms with E-state index in [9.17, 15) is 28.8 Å². The molecule has 4 aliphatic heterocycles. The zero-order chi connectivity index (χ0) is 47.8. The van der Waals surface area contributed by atoms with Crippen LogP contribution in [-0.2, 0) is 36.8 Å². The molecule has 0 radical (unpaired) electrons. The molecule has 2 amide bonds. The number of fused-ring (bicyclic) bond motifs is 4. The molecule has 68 heavy (non-hydrogen) atoms. The van der Waals surface area contributed by atoms with E-state index in [0.717, 1.165) is 161 Å². The van der Waals surface area contributed by atoms with E-state index < -0.39 is 22.5 Å². The van der Waals surface area contributed by atoms with Crippen LogP contribution in [0.25, 0.3) is 45.1 Å². The van der Waals surface area contributed by atoms with Crippen LogP contribution in [0.1, 0.15) is 154 Å². The quantitative estimate of drug-likeness (QED) is 0.0405. The van der Waals surface area contributed by atoms with Gasteiger partial charge in [0.25, 0.3) is 11.1 Å². The third kappa shape index (κ3) is 12.9. The fourth-order valence-corrected chi connectivity index (χ4v) is 9.81. The summed E-state index contributed by atoms with van der Waals surface area (Å²) in [5.74, 6) is 0.874. The Hall–Kier alpha value is -6.06. The Balaban J connectivity index is 0.695. The molecular weight excluding hydrogens is 861 g/mol. The molecule has 0 aromatic heterocycles. The number of benzene rings is 2. The predicted octanol–water partition coefficient (Wildman–Crippen LogP) is 7.55. The number of nitrogens with zero attached hydrogens (tertiary/aromatic N) is 8. The third-order valence-corrected chi connectivity index (χ3v) is 13.8. The molecule has 0 bridgehead atoms. The van der Waals surface area contributed by atoms with Crippen LogP contribution in [0.5, 0.6) is 0 Å². The Morgan fingerprint density at radius 2 is 0.824 bits per heavy atom. The van der Waals surface area contributed by atoms with Gasteiger partial charge in [-0.1, -0.05) is 127 Å². The number of carbonyl (C=O) groups excluding carboxylic acids is 2. The highest BCUT2D eigenvalue weighted by Crippen LogP contribution is 2.24. The van der Waals surface area contributed by atoms with Crippen LogP contribution in [0.15, 0.2) is 67.7 Å². The number of unbranched alkanes of at least 4 members (excludes halogenated alkanes) is 16. The summed E-state index contributed by atoms with van der Waals surface area (Å²) in [6.45, 7) is 1.32. The molecule has 0 saturated heterocycles. The van der Waals surface area contributed by atoms with Gasteiger partial charge >= 0.3 is 11.4 Å². The van der Waals surface area contributed by atoms with Crippen LogP contribution in [0.3, 0.4) is 0 Å². The first-order valence-corrected chi connectivity index (χ1v) is 25.4. The van der Waals surface area contributed by atoms with Crippen molar-refractivity contribution in [2.24, 2.45) is 14.1 Å². The summed E-state index contributed by atoms with van der Waals surface area (Å²) in [7, 11) is 2.86. The number of nitrogens with one attached hydrogen (secondary N) is 2. The van der Waals surface area contributed by atoms with Crippen molar-refractivity contribution < 1.29 is 9.59 Å². The Morgan fingerprint density at radius 1 is 0.485 bits per heavy atom. The highest BCUT2D eigenvalue weighted by atomic mass is 16.2. The zero-order valence-electron chi connectivity index (χ0n) is 40.2. The lowest BCUT2D eigenvalue weighted by atomic mass is 9.90. The molecule has 7 rings (SSSR count). The summed E-state index contributed by atoms with van der Waals surface area (Å²) in [5.41, 5.74) is 1.60. The maximum absolute atomic E-state index is 12.9. The topological polar surface area (TPSA) is 198 Å². The van der Waals surface area contributed by atoms with Gasteiger partial charge in [0.15, 0.2) is 23.0 Å². The lowest BCUT2D eigenvalue weighted by molar-refractivity contribution is -0.125. The first-order chi connectivity index (χ1) is 33.1. The SMILES string of the molecule is Cn1c(=O)nc2n(CCCCCCCCCCCC(=O)N[C@H]3CCCC[C@@H]3NC(=O)CCCCCCCCCCCn3c4nc(=O)n(C)c(=O)c-4nc4ccccc43)c3ccccc3nc-2c1=O. The van der Waals surface area contributed by atoms with Crippen molar-refractivity contribution in [2.45, 2.75) is 179 Å². The molecule has 2 aromatic rings. The van der Waals surface area contributed by atoms with Crippen molar-refractivity contribution >= 4 is 33.9 Å². The second-order valence-electron chi connectivity index (χ2n) is 18.9. The summed E-state index contributed by atoms with van der Waals surface area (Å²) in [6.07, 6.45) is 24.0. The lowest BCUT2D eigenvalue weighted by Crippen LogP contribution is -2.53. The molecule has 0 unspecified atom stereocenters. The fraction of sp³-hybridized carbons (Fsp3) is 0.577. The largest absolute Gasteiger partial charge is 0.352 e. The van der Waals surface area contributed by atoms with Crippen LogP contribution in [-0.4, -0.2) is 62.1 Å². The van der Waals surface area contributed by atoms with Gasteiger partial charge in [-0.2, -0.15) is 9.97 Å². The summed E-state index contributed by atoms with van der Waals surface area (Å²) >= 11 is 0. The van der Waals surface area contributed by atoms with Crippen molar-refractivity contribution in [3.8, 4) is 23.0 Å². The molecular formula is C52H70N10O6. The fourth-order valence-electron chi connectivity index (χ4n) is 9.81. The van der Waals surface area contributed by atoms with Crippen LogP contribution in [0.2, 0.25) is 0 Å². The van der Waals surface area contributed by atoms with E-state index >= 15 is 0 Å². The van der Waals surface area contributed by atoms with Gasteiger partial charge in [0.05, 0.1) is 22.1 Å². The van der Waals surface area contributed by atoms with Gasteiger partial charge in [0.2, 0.25) is 11.8 Å².